The average Bonchev–Trinajstić information content (AvgIpc) is 2.92. The lowest BCUT2D eigenvalue weighted by molar-refractivity contribution is 0.320. The molecule has 0 aromatic carbocycles. The van der Waals surface area contributed by atoms with Crippen LogP contribution >= 0.6 is 0 Å². The van der Waals surface area contributed by atoms with Crippen molar-refractivity contribution < 1.29 is 0 Å². The van der Waals surface area contributed by atoms with Crippen molar-refractivity contribution in [3.63, 3.8) is 0 Å². The number of nitrogens with one attached hydrogen (secondary N) is 1. The largest absolute Gasteiger partial charge is 0.313 e. The van der Waals surface area contributed by atoms with E-state index in [1.54, 1.807) is 0 Å². The summed E-state index contributed by atoms with van der Waals surface area (Å²) in [5.41, 5.74) is 0. The fraction of sp³-hybridized carbons (Fsp3) is 0.692. The second-order valence-electron chi connectivity index (χ2n) is 5.67. The van der Waals surface area contributed by atoms with Gasteiger partial charge in [0.05, 0.1) is 6.04 Å². The van der Waals surface area contributed by atoms with Gasteiger partial charge in [0.2, 0.25) is 0 Å². The van der Waals surface area contributed by atoms with Gasteiger partial charge in [0, 0.05) is 19.0 Å². The first-order valence-corrected chi connectivity index (χ1v) is 6.63. The summed E-state index contributed by atoms with van der Waals surface area (Å²) in [7, 11) is 0. The van der Waals surface area contributed by atoms with Crippen molar-refractivity contribution in [3.05, 3.63) is 23.8 Å². The van der Waals surface area contributed by atoms with Gasteiger partial charge < -0.3 is 9.88 Å². The predicted molar refractivity (Wildman–Crippen MR) is 64.8 cm³/mol. The molecule has 1 saturated heterocycles. The molecule has 17 heavy (non-hydrogen) atoms. The Morgan fingerprint density at radius 1 is 1.24 bits per heavy atom. The number of allylic oxidation sites excluding steroid dienone is 2. The number of rotatable bonds is 2. The summed E-state index contributed by atoms with van der Waals surface area (Å²) < 4.78 is 2.38. The molecular formula is C13H18N4. The number of aryl methyl sites for hydroxylation is 1. The summed E-state index contributed by atoms with van der Waals surface area (Å²) in [4.78, 5) is 0. The summed E-state index contributed by atoms with van der Waals surface area (Å²) in [5, 5.41) is 12.1. The number of hydrogen-bond acceptors (Lipinski definition) is 3. The van der Waals surface area contributed by atoms with Crippen molar-refractivity contribution in [1.29, 1.82) is 0 Å². The average molecular weight is 230 g/mol. The van der Waals surface area contributed by atoms with Gasteiger partial charge in [-0.25, -0.2) is 0 Å². The smallest absolute Gasteiger partial charge is 0.137 e. The lowest BCUT2D eigenvalue weighted by Gasteiger charge is -2.32. The summed E-state index contributed by atoms with van der Waals surface area (Å²) in [5.74, 6) is 4.46. The van der Waals surface area contributed by atoms with E-state index in [0.717, 1.165) is 30.7 Å². The number of hydrogen-bond donors (Lipinski definition) is 1. The Labute approximate surface area is 101 Å². The van der Waals surface area contributed by atoms with Gasteiger partial charge in [-0.05, 0) is 31.6 Å². The molecule has 1 saturated carbocycles. The Bertz CT molecular complexity index is 472. The van der Waals surface area contributed by atoms with Crippen LogP contribution in [0.2, 0.25) is 0 Å². The van der Waals surface area contributed by atoms with Gasteiger partial charge in [0.25, 0.3) is 0 Å². The molecule has 3 unspecified atom stereocenters. The second-order valence-corrected chi connectivity index (χ2v) is 5.67. The first-order chi connectivity index (χ1) is 8.33. The molecule has 2 aliphatic carbocycles. The van der Waals surface area contributed by atoms with Crippen LogP contribution < -0.4 is 5.32 Å². The summed E-state index contributed by atoms with van der Waals surface area (Å²) in [6.45, 7) is 4.23. The maximum absolute atomic E-state index is 4.47. The van der Waals surface area contributed by atoms with Crippen LogP contribution in [0.15, 0.2) is 12.2 Å². The van der Waals surface area contributed by atoms with Gasteiger partial charge in [-0.15, -0.1) is 10.2 Å². The molecule has 4 nitrogen and oxygen atoms in total. The Hall–Kier alpha value is -1.16. The van der Waals surface area contributed by atoms with Gasteiger partial charge in [-0.2, -0.15) is 0 Å². The third kappa shape index (κ3) is 1.33. The lowest BCUT2D eigenvalue weighted by Crippen LogP contribution is -2.44. The molecule has 3 aliphatic rings. The van der Waals surface area contributed by atoms with Crippen molar-refractivity contribution in [2.75, 3.05) is 13.1 Å². The zero-order chi connectivity index (χ0) is 11.4. The van der Waals surface area contributed by atoms with Crippen LogP contribution in [-0.2, 0) is 0 Å². The van der Waals surface area contributed by atoms with Crippen molar-refractivity contribution in [1.82, 2.24) is 20.1 Å². The molecule has 2 heterocycles. The quantitative estimate of drug-likeness (QED) is 0.781. The fourth-order valence-corrected chi connectivity index (χ4v) is 3.62. The van der Waals surface area contributed by atoms with Gasteiger partial charge in [0.1, 0.15) is 11.6 Å². The number of fused-ring (bicyclic) bond motifs is 2. The van der Waals surface area contributed by atoms with Crippen LogP contribution in [0.4, 0.5) is 0 Å². The number of aromatic nitrogens is 3. The van der Waals surface area contributed by atoms with Crippen LogP contribution in [0.3, 0.4) is 0 Å². The topological polar surface area (TPSA) is 42.7 Å². The van der Waals surface area contributed by atoms with Crippen LogP contribution in [-0.4, -0.2) is 27.9 Å². The van der Waals surface area contributed by atoms with Gasteiger partial charge in [0.15, 0.2) is 0 Å². The first kappa shape index (κ1) is 9.83. The molecule has 1 N–H and O–H groups in total. The van der Waals surface area contributed by atoms with Crippen LogP contribution in [0.5, 0.6) is 0 Å². The highest BCUT2D eigenvalue weighted by molar-refractivity contribution is 5.20. The van der Waals surface area contributed by atoms with Crippen LogP contribution in [0.1, 0.15) is 36.5 Å². The normalized spacial score (nSPS) is 35.5. The van der Waals surface area contributed by atoms with Crippen molar-refractivity contribution in [2.45, 2.75) is 31.7 Å². The standard InChI is InChI=1S/C13H18N4/c1-8-15-16-13(17(8)11-6-14-7-11)12-5-9-2-3-10(12)4-9/h2-3,9-12,14H,4-7H2,1H3. The molecule has 1 aliphatic heterocycles. The van der Waals surface area contributed by atoms with Gasteiger partial charge >= 0.3 is 0 Å². The molecule has 4 heteroatoms. The predicted octanol–water partition coefficient (Wildman–Crippen LogP) is 1.41. The van der Waals surface area contributed by atoms with E-state index in [-0.39, 0.29) is 0 Å². The number of nitrogens with zero attached hydrogens (tertiary/aromatic N) is 3. The zero-order valence-electron chi connectivity index (χ0n) is 10.1. The maximum atomic E-state index is 4.47. The molecule has 2 bridgehead atoms. The van der Waals surface area contributed by atoms with E-state index < -0.39 is 0 Å². The Kier molecular flexibility index (Phi) is 1.98. The monoisotopic (exact) mass is 230 g/mol. The molecule has 0 amide bonds. The zero-order valence-corrected chi connectivity index (χ0v) is 10.1. The molecule has 4 rings (SSSR count). The fourth-order valence-electron chi connectivity index (χ4n) is 3.62. The highest BCUT2D eigenvalue weighted by Gasteiger charge is 2.40. The maximum Gasteiger partial charge on any atom is 0.137 e. The van der Waals surface area contributed by atoms with E-state index in [1.165, 1.54) is 18.7 Å². The Morgan fingerprint density at radius 3 is 2.71 bits per heavy atom. The highest BCUT2D eigenvalue weighted by atomic mass is 15.3. The molecule has 0 radical (unpaired) electrons. The third-order valence-electron chi connectivity index (χ3n) is 4.63. The van der Waals surface area contributed by atoms with E-state index in [0.29, 0.717) is 12.0 Å². The van der Waals surface area contributed by atoms with Crippen molar-refractivity contribution >= 4 is 0 Å². The summed E-state index contributed by atoms with van der Waals surface area (Å²) in [6.07, 6.45) is 7.39. The first-order valence-electron chi connectivity index (χ1n) is 6.63. The molecule has 0 spiro atoms. The highest BCUT2D eigenvalue weighted by Crippen LogP contribution is 2.48. The Balaban J connectivity index is 1.71. The van der Waals surface area contributed by atoms with Crippen LogP contribution in [0.25, 0.3) is 0 Å². The second kappa shape index (κ2) is 3.42. The minimum absolute atomic E-state index is 0.586. The minimum Gasteiger partial charge on any atom is -0.313 e. The van der Waals surface area contributed by atoms with Gasteiger partial charge in [-0.3, -0.25) is 0 Å². The van der Waals surface area contributed by atoms with E-state index in [1.807, 2.05) is 0 Å². The van der Waals surface area contributed by atoms with Crippen molar-refractivity contribution in [2.24, 2.45) is 11.8 Å². The molecule has 1 aromatic rings. The minimum atomic E-state index is 0.586. The molecular weight excluding hydrogens is 212 g/mol. The van der Waals surface area contributed by atoms with E-state index >= 15 is 0 Å². The SMILES string of the molecule is Cc1nnc(C2CC3C=CC2C3)n1C1CNC1. The molecule has 3 atom stereocenters. The summed E-state index contributed by atoms with van der Waals surface area (Å²) >= 11 is 0. The third-order valence-corrected chi connectivity index (χ3v) is 4.63. The molecule has 90 valence electrons. The van der Waals surface area contributed by atoms with Crippen molar-refractivity contribution in [3.8, 4) is 0 Å². The van der Waals surface area contributed by atoms with Crippen LogP contribution in [0, 0.1) is 18.8 Å². The van der Waals surface area contributed by atoms with E-state index in [2.05, 4.69) is 39.2 Å². The molecule has 1 aromatic heterocycles. The van der Waals surface area contributed by atoms with E-state index in [4.69, 9.17) is 0 Å². The van der Waals surface area contributed by atoms with Gasteiger partial charge in [-0.1, -0.05) is 12.2 Å². The lowest BCUT2D eigenvalue weighted by atomic mass is 9.92. The summed E-state index contributed by atoms with van der Waals surface area (Å²) in [6, 6.07) is 0.586. The Morgan fingerprint density at radius 2 is 2.12 bits per heavy atom. The molecule has 2 fully saturated rings. The van der Waals surface area contributed by atoms with E-state index in [9.17, 15) is 0 Å².